The minimum absolute atomic E-state index is 0.277. The number of rotatable bonds is 3. The molecule has 2 rings (SSSR count). The summed E-state index contributed by atoms with van der Waals surface area (Å²) in [5, 5.41) is 5.66. The number of halogens is 1. The molecular weight excluding hydrogens is 308 g/mol. The second-order valence-corrected chi connectivity index (χ2v) is 4.87. The molecule has 0 saturated heterocycles. The van der Waals surface area contributed by atoms with Crippen LogP contribution in [0.5, 0.6) is 0 Å². The van der Waals surface area contributed by atoms with Crippen molar-refractivity contribution in [2.24, 2.45) is 0 Å². The summed E-state index contributed by atoms with van der Waals surface area (Å²) in [4.78, 5) is 20.1. The molecule has 1 aromatic heterocycles. The van der Waals surface area contributed by atoms with Crippen LogP contribution in [0.15, 0.2) is 35.1 Å². The van der Waals surface area contributed by atoms with Crippen LogP contribution in [-0.2, 0) is 0 Å². The average molecular weight is 321 g/mol. The summed E-state index contributed by atoms with van der Waals surface area (Å²) < 4.78 is 0.973. The third kappa shape index (κ3) is 3.29. The van der Waals surface area contributed by atoms with E-state index in [2.05, 4.69) is 36.5 Å². The maximum atomic E-state index is 12.0. The van der Waals surface area contributed by atoms with Gasteiger partial charge in [-0.1, -0.05) is 15.9 Å². The number of hydrogen-bond donors (Lipinski definition) is 2. The zero-order chi connectivity index (χ0) is 13.8. The fourth-order valence-corrected chi connectivity index (χ4v) is 2.00. The number of carbonyl (C=O) groups is 1. The molecule has 0 aliphatic heterocycles. The van der Waals surface area contributed by atoms with Crippen molar-refractivity contribution in [1.29, 1.82) is 0 Å². The summed E-state index contributed by atoms with van der Waals surface area (Å²) >= 11 is 3.38. The van der Waals surface area contributed by atoms with E-state index in [0.29, 0.717) is 5.82 Å². The van der Waals surface area contributed by atoms with Crippen LogP contribution in [0.25, 0.3) is 0 Å². The second kappa shape index (κ2) is 5.79. The lowest BCUT2D eigenvalue weighted by Gasteiger charge is -2.08. The molecule has 0 aliphatic rings. The molecule has 1 heterocycles. The number of hydrogen-bond acceptors (Lipinski definition) is 4. The maximum absolute atomic E-state index is 12.0. The van der Waals surface area contributed by atoms with Gasteiger partial charge in [-0.2, -0.15) is 0 Å². The van der Waals surface area contributed by atoms with Crippen LogP contribution in [0.1, 0.15) is 16.1 Å². The minimum Gasteiger partial charge on any atom is -0.372 e. The van der Waals surface area contributed by atoms with Crippen molar-refractivity contribution in [3.8, 4) is 0 Å². The Hall–Kier alpha value is -1.95. The van der Waals surface area contributed by atoms with Gasteiger partial charge in [0.15, 0.2) is 0 Å². The fourth-order valence-electron chi connectivity index (χ4n) is 1.53. The van der Waals surface area contributed by atoms with Gasteiger partial charge in [0.1, 0.15) is 11.5 Å². The van der Waals surface area contributed by atoms with E-state index < -0.39 is 0 Å². The molecule has 98 valence electrons. The average Bonchev–Trinajstić information content (AvgIpc) is 2.42. The van der Waals surface area contributed by atoms with Gasteiger partial charge in [0, 0.05) is 17.2 Å². The topological polar surface area (TPSA) is 66.9 Å². The Balaban J connectivity index is 2.15. The molecule has 0 saturated carbocycles. The van der Waals surface area contributed by atoms with Crippen LogP contribution in [0.4, 0.5) is 11.5 Å². The lowest BCUT2D eigenvalue weighted by atomic mass is 10.2. The molecule has 0 spiro atoms. The monoisotopic (exact) mass is 320 g/mol. The summed E-state index contributed by atoms with van der Waals surface area (Å²) in [7, 11) is 1.74. The second-order valence-electron chi connectivity index (χ2n) is 3.95. The van der Waals surface area contributed by atoms with Crippen molar-refractivity contribution in [3.05, 3.63) is 46.3 Å². The molecule has 6 heteroatoms. The predicted octanol–water partition coefficient (Wildman–Crippen LogP) is 2.84. The van der Waals surface area contributed by atoms with Crippen LogP contribution in [-0.4, -0.2) is 22.9 Å². The number of amides is 1. The highest BCUT2D eigenvalue weighted by molar-refractivity contribution is 9.10. The first kappa shape index (κ1) is 13.5. The molecule has 0 aliphatic carbocycles. The van der Waals surface area contributed by atoms with E-state index in [0.717, 1.165) is 15.7 Å². The van der Waals surface area contributed by atoms with Crippen LogP contribution in [0.2, 0.25) is 0 Å². The summed E-state index contributed by atoms with van der Waals surface area (Å²) in [6, 6.07) is 5.65. The third-order valence-corrected chi connectivity index (χ3v) is 3.07. The number of nitrogens with zero attached hydrogens (tertiary/aromatic N) is 2. The van der Waals surface area contributed by atoms with Gasteiger partial charge in [-0.05, 0) is 30.7 Å². The Morgan fingerprint density at radius 3 is 2.63 bits per heavy atom. The third-order valence-electron chi connectivity index (χ3n) is 2.58. The molecule has 0 atom stereocenters. The zero-order valence-electron chi connectivity index (χ0n) is 10.6. The molecular formula is C13H13BrN4O. The normalized spacial score (nSPS) is 10.1. The quantitative estimate of drug-likeness (QED) is 0.912. The first-order chi connectivity index (χ1) is 9.10. The smallest absolute Gasteiger partial charge is 0.275 e. The van der Waals surface area contributed by atoms with Crippen molar-refractivity contribution < 1.29 is 4.79 Å². The van der Waals surface area contributed by atoms with E-state index in [-0.39, 0.29) is 11.6 Å². The first-order valence-corrected chi connectivity index (χ1v) is 6.47. The number of benzene rings is 1. The Morgan fingerprint density at radius 1 is 1.26 bits per heavy atom. The van der Waals surface area contributed by atoms with Gasteiger partial charge in [0.05, 0.1) is 12.4 Å². The summed E-state index contributed by atoms with van der Waals surface area (Å²) in [5.74, 6) is 0.344. The van der Waals surface area contributed by atoms with Gasteiger partial charge in [-0.3, -0.25) is 4.79 Å². The van der Waals surface area contributed by atoms with E-state index in [4.69, 9.17) is 0 Å². The molecule has 2 N–H and O–H groups in total. The molecule has 2 aromatic rings. The highest BCUT2D eigenvalue weighted by Gasteiger charge is 2.09. The van der Waals surface area contributed by atoms with Crippen molar-refractivity contribution in [2.45, 2.75) is 6.92 Å². The van der Waals surface area contributed by atoms with Crippen molar-refractivity contribution in [2.75, 3.05) is 17.7 Å². The highest BCUT2D eigenvalue weighted by Crippen LogP contribution is 2.20. The molecule has 0 unspecified atom stereocenters. The number of nitrogens with one attached hydrogen (secondary N) is 2. The molecule has 0 bridgehead atoms. The molecule has 5 nitrogen and oxygen atoms in total. The fraction of sp³-hybridized carbons (Fsp3) is 0.154. The highest BCUT2D eigenvalue weighted by atomic mass is 79.9. The van der Waals surface area contributed by atoms with Gasteiger partial charge in [0.2, 0.25) is 0 Å². The first-order valence-electron chi connectivity index (χ1n) is 5.67. The largest absolute Gasteiger partial charge is 0.372 e. The van der Waals surface area contributed by atoms with Gasteiger partial charge in [-0.15, -0.1) is 0 Å². The van der Waals surface area contributed by atoms with Gasteiger partial charge >= 0.3 is 0 Å². The molecule has 0 radical (unpaired) electrons. The van der Waals surface area contributed by atoms with Crippen molar-refractivity contribution >= 4 is 33.3 Å². The number of carbonyl (C=O) groups excluding carboxylic acids is 1. The maximum Gasteiger partial charge on any atom is 0.275 e. The Labute approximate surface area is 119 Å². The summed E-state index contributed by atoms with van der Waals surface area (Å²) in [6.45, 7) is 1.93. The van der Waals surface area contributed by atoms with Crippen LogP contribution < -0.4 is 10.6 Å². The Bertz CT molecular complexity index is 598. The molecule has 1 amide bonds. The van der Waals surface area contributed by atoms with Gasteiger partial charge in [0.25, 0.3) is 5.91 Å². The minimum atomic E-state index is -0.277. The van der Waals surface area contributed by atoms with Crippen molar-refractivity contribution in [3.63, 3.8) is 0 Å². The summed E-state index contributed by atoms with van der Waals surface area (Å²) in [5.41, 5.74) is 2.01. The van der Waals surface area contributed by atoms with E-state index in [1.54, 1.807) is 7.05 Å². The zero-order valence-corrected chi connectivity index (χ0v) is 12.2. The Morgan fingerprint density at radius 2 is 2.05 bits per heavy atom. The number of anilines is 2. The van der Waals surface area contributed by atoms with Crippen LogP contribution in [0.3, 0.4) is 0 Å². The lowest BCUT2D eigenvalue weighted by Crippen LogP contribution is -2.15. The van der Waals surface area contributed by atoms with E-state index in [1.807, 2.05) is 25.1 Å². The lowest BCUT2D eigenvalue weighted by molar-refractivity contribution is 0.102. The van der Waals surface area contributed by atoms with Crippen molar-refractivity contribution in [1.82, 2.24) is 9.97 Å². The standard InChI is InChI=1S/C13H13BrN4O/c1-8-5-9(14)3-4-10(8)18-13(19)11-6-17-12(15-2)7-16-11/h3-7H,1-2H3,(H,15,17)(H,18,19). The van der Waals surface area contributed by atoms with E-state index in [1.165, 1.54) is 12.4 Å². The number of aryl methyl sites for hydroxylation is 1. The summed E-state index contributed by atoms with van der Waals surface area (Å²) in [6.07, 6.45) is 2.96. The van der Waals surface area contributed by atoms with Gasteiger partial charge in [-0.25, -0.2) is 9.97 Å². The molecule has 0 fully saturated rings. The molecule has 19 heavy (non-hydrogen) atoms. The Kier molecular flexibility index (Phi) is 4.11. The SMILES string of the molecule is CNc1cnc(C(=O)Nc2ccc(Br)cc2C)cn1. The number of aromatic nitrogens is 2. The van der Waals surface area contributed by atoms with Gasteiger partial charge < -0.3 is 10.6 Å². The molecule has 1 aromatic carbocycles. The van der Waals surface area contributed by atoms with Crippen LogP contribution >= 0.6 is 15.9 Å². The van der Waals surface area contributed by atoms with Crippen LogP contribution in [0, 0.1) is 6.92 Å². The van der Waals surface area contributed by atoms with E-state index in [9.17, 15) is 4.79 Å². The predicted molar refractivity (Wildman–Crippen MR) is 78.4 cm³/mol. The van der Waals surface area contributed by atoms with E-state index >= 15 is 0 Å².